The number of benzene rings is 3. The van der Waals surface area contributed by atoms with Crippen molar-refractivity contribution in [1.82, 2.24) is 10.6 Å². The Balaban J connectivity index is 1.75. The van der Waals surface area contributed by atoms with E-state index in [1.54, 1.807) is 12.1 Å². The molecule has 0 aliphatic carbocycles. The Morgan fingerprint density at radius 3 is 2.38 bits per heavy atom. The monoisotopic (exact) mass is 404 g/mol. The highest BCUT2D eigenvalue weighted by atomic mass is 35.5. The van der Waals surface area contributed by atoms with Crippen molar-refractivity contribution < 1.29 is 5.11 Å². The Labute approximate surface area is 177 Å². The van der Waals surface area contributed by atoms with Gasteiger partial charge in [-0.3, -0.25) is 5.32 Å². The van der Waals surface area contributed by atoms with Gasteiger partial charge in [0, 0.05) is 16.3 Å². The minimum Gasteiger partial charge on any atom is -0.508 e. The lowest BCUT2D eigenvalue weighted by Gasteiger charge is -2.33. The van der Waals surface area contributed by atoms with Crippen LogP contribution in [-0.2, 0) is 6.42 Å². The molecule has 0 bridgehead atoms. The van der Waals surface area contributed by atoms with E-state index in [4.69, 9.17) is 11.6 Å². The van der Waals surface area contributed by atoms with Crippen LogP contribution < -0.4 is 10.6 Å². The molecular weight excluding hydrogens is 380 g/mol. The van der Waals surface area contributed by atoms with Crippen LogP contribution in [0.4, 0.5) is 0 Å². The first-order chi connectivity index (χ1) is 14.0. The van der Waals surface area contributed by atoms with Crippen molar-refractivity contribution in [3.63, 3.8) is 0 Å². The molecule has 1 heterocycles. The van der Waals surface area contributed by atoms with E-state index in [2.05, 4.69) is 79.1 Å². The van der Waals surface area contributed by atoms with Crippen LogP contribution >= 0.6 is 11.6 Å². The summed E-state index contributed by atoms with van der Waals surface area (Å²) in [7, 11) is 0. The third kappa shape index (κ3) is 4.31. The molecule has 0 aromatic heterocycles. The molecule has 0 fully saturated rings. The van der Waals surface area contributed by atoms with Crippen LogP contribution in [0.3, 0.4) is 0 Å². The first-order valence-corrected chi connectivity index (χ1v) is 10.3. The molecule has 0 amide bonds. The highest BCUT2D eigenvalue weighted by Gasteiger charge is 2.25. The molecule has 3 N–H and O–H groups in total. The molecule has 1 aliphatic rings. The van der Waals surface area contributed by atoms with Gasteiger partial charge in [0.2, 0.25) is 0 Å². The van der Waals surface area contributed by atoms with Crippen LogP contribution in [0.15, 0.2) is 72.8 Å². The van der Waals surface area contributed by atoms with Crippen LogP contribution in [0.1, 0.15) is 46.9 Å². The summed E-state index contributed by atoms with van der Waals surface area (Å²) in [6.45, 7) is 4.24. The number of hydrogen-bond donors (Lipinski definition) is 3. The van der Waals surface area contributed by atoms with Gasteiger partial charge in [-0.05, 0) is 54.3 Å². The molecule has 0 spiro atoms. The largest absolute Gasteiger partial charge is 0.508 e. The molecule has 3 aromatic carbocycles. The van der Waals surface area contributed by atoms with Crippen LogP contribution in [0.5, 0.6) is 5.75 Å². The van der Waals surface area contributed by atoms with Crippen molar-refractivity contribution in [3.8, 4) is 5.75 Å². The quantitative estimate of drug-likeness (QED) is 0.508. The molecule has 4 rings (SSSR count). The number of rotatable bonds is 4. The maximum atomic E-state index is 10.5. The maximum Gasteiger partial charge on any atom is 0.120 e. The fraction of sp³-hybridized carbons (Fsp3) is 0.200. The molecule has 2 unspecified atom stereocenters. The van der Waals surface area contributed by atoms with Crippen molar-refractivity contribution in [1.29, 1.82) is 0 Å². The lowest BCUT2D eigenvalue weighted by Crippen LogP contribution is -2.39. The molecule has 0 saturated carbocycles. The normalized spacial score (nSPS) is 18.8. The smallest absolute Gasteiger partial charge is 0.120 e. The van der Waals surface area contributed by atoms with Crippen molar-refractivity contribution in [2.24, 2.45) is 0 Å². The number of phenols is 1. The second-order valence-electron chi connectivity index (χ2n) is 7.47. The summed E-state index contributed by atoms with van der Waals surface area (Å²) in [5.41, 5.74) is 6.58. The van der Waals surface area contributed by atoms with E-state index in [1.165, 1.54) is 11.1 Å². The average Bonchev–Trinajstić information content (AvgIpc) is 2.75. The minimum absolute atomic E-state index is 0.0927. The number of aromatic hydroxyl groups is 1. The molecule has 0 saturated heterocycles. The predicted molar refractivity (Wildman–Crippen MR) is 120 cm³/mol. The molecule has 2 atom stereocenters. The van der Waals surface area contributed by atoms with Crippen molar-refractivity contribution >= 4 is 17.3 Å². The first kappa shape index (κ1) is 19.6. The summed E-state index contributed by atoms with van der Waals surface area (Å²) in [6, 6.07) is 22.1. The van der Waals surface area contributed by atoms with E-state index < -0.39 is 0 Å². The molecule has 148 valence electrons. The van der Waals surface area contributed by atoms with Crippen LogP contribution in [-0.4, -0.2) is 5.11 Å². The molecule has 3 aromatic rings. The summed E-state index contributed by atoms with van der Waals surface area (Å²) in [4.78, 5) is 0. The molecule has 4 heteroatoms. The summed E-state index contributed by atoms with van der Waals surface area (Å²) in [5.74, 6) is 0.230. The molecule has 3 nitrogen and oxygen atoms in total. The number of nitrogens with one attached hydrogen (secondary N) is 2. The Morgan fingerprint density at radius 1 is 0.966 bits per heavy atom. The highest BCUT2D eigenvalue weighted by molar-refractivity contribution is 6.30. The van der Waals surface area contributed by atoms with Crippen LogP contribution in [0.2, 0.25) is 5.02 Å². The second kappa shape index (κ2) is 8.32. The zero-order chi connectivity index (χ0) is 20.4. The Kier molecular flexibility index (Phi) is 5.61. The zero-order valence-electron chi connectivity index (χ0n) is 16.6. The van der Waals surface area contributed by atoms with Crippen LogP contribution in [0.25, 0.3) is 5.70 Å². The lowest BCUT2D eigenvalue weighted by molar-refractivity contribution is 0.419. The molecule has 0 radical (unpaired) electrons. The predicted octanol–water partition coefficient (Wildman–Crippen LogP) is 5.89. The third-order valence-electron chi connectivity index (χ3n) is 5.39. The van der Waals surface area contributed by atoms with E-state index in [9.17, 15) is 5.11 Å². The van der Waals surface area contributed by atoms with Crippen molar-refractivity contribution in [2.75, 3.05) is 0 Å². The Hall–Kier alpha value is -2.75. The first-order valence-electron chi connectivity index (χ1n) is 9.92. The SMILES string of the molecule is CCc1ccc(C2=CC(c3cc(Cl)ccc3O)NC(c3ccc(C)cc3)N2)cc1. The molecule has 1 aliphatic heterocycles. The van der Waals surface area contributed by atoms with Gasteiger partial charge in [0.15, 0.2) is 0 Å². The number of aryl methyl sites for hydroxylation is 2. The third-order valence-corrected chi connectivity index (χ3v) is 5.62. The van der Waals surface area contributed by atoms with Gasteiger partial charge >= 0.3 is 0 Å². The summed E-state index contributed by atoms with van der Waals surface area (Å²) in [5, 5.41) is 18.3. The van der Waals surface area contributed by atoms with Gasteiger partial charge in [0.25, 0.3) is 0 Å². The van der Waals surface area contributed by atoms with Crippen LogP contribution in [0, 0.1) is 6.92 Å². The maximum absolute atomic E-state index is 10.5. The Bertz CT molecular complexity index is 1030. The number of phenolic OH excluding ortho intramolecular Hbond substituents is 1. The molecular formula is C25H25ClN2O. The van der Waals surface area contributed by atoms with E-state index in [1.807, 2.05) is 6.07 Å². The topological polar surface area (TPSA) is 44.3 Å². The van der Waals surface area contributed by atoms with E-state index in [-0.39, 0.29) is 18.0 Å². The molecule has 29 heavy (non-hydrogen) atoms. The highest BCUT2D eigenvalue weighted by Crippen LogP contribution is 2.34. The van der Waals surface area contributed by atoms with E-state index in [0.29, 0.717) is 5.02 Å². The van der Waals surface area contributed by atoms with Gasteiger partial charge in [0.1, 0.15) is 11.9 Å². The van der Waals surface area contributed by atoms with Gasteiger partial charge in [-0.1, -0.05) is 72.6 Å². The summed E-state index contributed by atoms with van der Waals surface area (Å²) >= 11 is 6.22. The van der Waals surface area contributed by atoms with Gasteiger partial charge < -0.3 is 10.4 Å². The standard InChI is InChI=1S/C25H25ClN2O/c1-3-17-6-10-18(11-7-17)22-15-23(21-14-20(26)12-13-24(21)29)28-25(27-22)19-8-4-16(2)5-9-19/h4-15,23,25,27-29H,3H2,1-2H3. The summed E-state index contributed by atoms with van der Waals surface area (Å²) in [6.07, 6.45) is 3.03. The van der Waals surface area contributed by atoms with Gasteiger partial charge in [-0.15, -0.1) is 0 Å². The summed E-state index contributed by atoms with van der Waals surface area (Å²) < 4.78 is 0. The second-order valence-corrected chi connectivity index (χ2v) is 7.90. The zero-order valence-corrected chi connectivity index (χ0v) is 17.4. The number of hydrogen-bond acceptors (Lipinski definition) is 3. The van der Waals surface area contributed by atoms with E-state index >= 15 is 0 Å². The fourth-order valence-corrected chi connectivity index (χ4v) is 3.81. The fourth-order valence-electron chi connectivity index (χ4n) is 3.63. The van der Waals surface area contributed by atoms with Gasteiger partial charge in [-0.2, -0.15) is 0 Å². The lowest BCUT2D eigenvalue weighted by atomic mass is 9.97. The van der Waals surface area contributed by atoms with Crippen molar-refractivity contribution in [3.05, 3.63) is 106 Å². The average molecular weight is 405 g/mol. The van der Waals surface area contributed by atoms with Gasteiger partial charge in [0.05, 0.1) is 6.04 Å². The van der Waals surface area contributed by atoms with E-state index in [0.717, 1.165) is 28.8 Å². The minimum atomic E-state index is -0.179. The Morgan fingerprint density at radius 2 is 1.69 bits per heavy atom. The number of halogens is 1. The van der Waals surface area contributed by atoms with Crippen molar-refractivity contribution in [2.45, 2.75) is 32.5 Å². The van der Waals surface area contributed by atoms with Gasteiger partial charge in [-0.25, -0.2) is 0 Å².